The molecule has 0 aliphatic heterocycles. The summed E-state index contributed by atoms with van der Waals surface area (Å²) in [7, 11) is 0. The summed E-state index contributed by atoms with van der Waals surface area (Å²) < 4.78 is 0. The van der Waals surface area contributed by atoms with E-state index in [4.69, 9.17) is 11.6 Å². The van der Waals surface area contributed by atoms with Gasteiger partial charge in [0.25, 0.3) is 0 Å². The van der Waals surface area contributed by atoms with Gasteiger partial charge in [0.15, 0.2) is 0 Å². The summed E-state index contributed by atoms with van der Waals surface area (Å²) in [6, 6.07) is 5.91. The Morgan fingerprint density at radius 1 is 1.55 bits per heavy atom. The fourth-order valence-corrected chi connectivity index (χ4v) is 1.05. The molecular weight excluding hydrogens is 158 g/mol. The van der Waals surface area contributed by atoms with E-state index < -0.39 is 0 Å². The Hall–Kier alpha value is -0.560. The smallest absolute Gasteiger partial charge is 0.0418 e. The van der Waals surface area contributed by atoms with Crippen molar-refractivity contribution in [1.82, 2.24) is 4.98 Å². The fraction of sp³-hybridized carbons (Fsp3) is 0.444. The molecule has 0 aliphatic rings. The molecule has 0 saturated carbocycles. The third-order valence-electron chi connectivity index (χ3n) is 1.60. The number of hydrogen-bond acceptors (Lipinski definition) is 1. The predicted molar refractivity (Wildman–Crippen MR) is 47.9 cm³/mol. The van der Waals surface area contributed by atoms with Crippen LogP contribution >= 0.6 is 11.6 Å². The normalized spacial score (nSPS) is 12.9. The summed E-state index contributed by atoms with van der Waals surface area (Å²) in [4.78, 5) is 4.18. The predicted octanol–water partition coefficient (Wildman–Crippen LogP) is 2.64. The largest absolute Gasteiger partial charge is 0.261 e. The minimum absolute atomic E-state index is 0.227. The Morgan fingerprint density at radius 2 is 2.36 bits per heavy atom. The zero-order chi connectivity index (χ0) is 8.10. The Morgan fingerprint density at radius 3 is 2.91 bits per heavy atom. The van der Waals surface area contributed by atoms with Crippen LogP contribution in [0.3, 0.4) is 0 Å². The maximum absolute atomic E-state index is 5.96. The van der Waals surface area contributed by atoms with Gasteiger partial charge in [-0.25, -0.2) is 0 Å². The van der Waals surface area contributed by atoms with Crippen LogP contribution in [0, 0.1) is 0 Å². The van der Waals surface area contributed by atoms with Gasteiger partial charge in [-0.05, 0) is 18.6 Å². The van der Waals surface area contributed by atoms with E-state index in [0.717, 1.165) is 18.5 Å². The molecule has 0 spiro atoms. The molecule has 0 fully saturated rings. The first-order chi connectivity index (χ1) is 5.33. The molecule has 11 heavy (non-hydrogen) atoms. The molecule has 0 bridgehead atoms. The van der Waals surface area contributed by atoms with Crippen LogP contribution in [-0.2, 0) is 6.42 Å². The van der Waals surface area contributed by atoms with Gasteiger partial charge in [-0.15, -0.1) is 11.6 Å². The van der Waals surface area contributed by atoms with E-state index in [1.54, 1.807) is 6.20 Å². The number of pyridine rings is 1. The summed E-state index contributed by atoms with van der Waals surface area (Å²) in [5, 5.41) is 0.227. The molecule has 0 radical (unpaired) electrons. The van der Waals surface area contributed by atoms with Gasteiger partial charge >= 0.3 is 0 Å². The lowest BCUT2D eigenvalue weighted by atomic mass is 10.2. The third-order valence-corrected chi connectivity index (χ3v) is 2.06. The van der Waals surface area contributed by atoms with Crippen molar-refractivity contribution in [2.45, 2.75) is 25.1 Å². The zero-order valence-corrected chi connectivity index (χ0v) is 7.38. The Bertz CT molecular complexity index is 198. The van der Waals surface area contributed by atoms with Crippen molar-refractivity contribution in [3.05, 3.63) is 30.1 Å². The van der Waals surface area contributed by atoms with Crippen LogP contribution in [0.1, 0.15) is 19.0 Å². The molecular formula is C9H12ClN. The number of rotatable bonds is 3. The van der Waals surface area contributed by atoms with Crippen LogP contribution in [0.2, 0.25) is 0 Å². The summed E-state index contributed by atoms with van der Waals surface area (Å²) in [5.41, 5.74) is 1.08. The summed E-state index contributed by atoms with van der Waals surface area (Å²) in [6.45, 7) is 2.08. The zero-order valence-electron chi connectivity index (χ0n) is 6.63. The van der Waals surface area contributed by atoms with Crippen LogP contribution in [-0.4, -0.2) is 10.4 Å². The number of alkyl halides is 1. The van der Waals surface area contributed by atoms with Crippen molar-refractivity contribution in [3.8, 4) is 0 Å². The van der Waals surface area contributed by atoms with Gasteiger partial charge < -0.3 is 0 Å². The van der Waals surface area contributed by atoms with Gasteiger partial charge in [0.1, 0.15) is 0 Å². The third kappa shape index (κ3) is 2.89. The number of hydrogen-bond donors (Lipinski definition) is 0. The highest BCUT2D eigenvalue weighted by molar-refractivity contribution is 6.20. The van der Waals surface area contributed by atoms with Gasteiger partial charge in [-0.2, -0.15) is 0 Å². The van der Waals surface area contributed by atoms with Gasteiger partial charge in [0.05, 0.1) is 0 Å². The molecule has 60 valence electrons. The van der Waals surface area contributed by atoms with Gasteiger partial charge in [-0.3, -0.25) is 4.98 Å². The van der Waals surface area contributed by atoms with Gasteiger partial charge in [-0.1, -0.05) is 13.0 Å². The molecule has 1 rings (SSSR count). The quantitative estimate of drug-likeness (QED) is 0.634. The molecule has 1 atom stereocenters. The number of aromatic nitrogens is 1. The summed E-state index contributed by atoms with van der Waals surface area (Å²) in [5.74, 6) is 0. The Kier molecular flexibility index (Phi) is 3.37. The lowest BCUT2D eigenvalue weighted by molar-refractivity contribution is 0.786. The Balaban J connectivity index is 2.51. The number of halogens is 1. The van der Waals surface area contributed by atoms with Gasteiger partial charge in [0.2, 0.25) is 0 Å². The van der Waals surface area contributed by atoms with Crippen molar-refractivity contribution < 1.29 is 0 Å². The molecule has 0 aliphatic carbocycles. The monoisotopic (exact) mass is 169 g/mol. The second kappa shape index (κ2) is 4.35. The van der Waals surface area contributed by atoms with E-state index in [9.17, 15) is 0 Å². The van der Waals surface area contributed by atoms with Crippen LogP contribution in [0.4, 0.5) is 0 Å². The first-order valence-electron chi connectivity index (χ1n) is 3.87. The van der Waals surface area contributed by atoms with E-state index in [1.807, 2.05) is 18.2 Å². The number of nitrogens with zero attached hydrogens (tertiary/aromatic N) is 1. The molecule has 0 aromatic carbocycles. The molecule has 1 aromatic rings. The highest BCUT2D eigenvalue weighted by atomic mass is 35.5. The van der Waals surface area contributed by atoms with E-state index in [0.29, 0.717) is 0 Å². The van der Waals surface area contributed by atoms with Crippen molar-refractivity contribution in [2.24, 2.45) is 0 Å². The average molecular weight is 170 g/mol. The van der Waals surface area contributed by atoms with Gasteiger partial charge in [0, 0.05) is 23.7 Å². The standard InChI is InChI=1S/C9H12ClN/c1-2-8(10)7-9-5-3-4-6-11-9/h3-6,8H,2,7H2,1H3. The van der Waals surface area contributed by atoms with E-state index in [-0.39, 0.29) is 5.38 Å². The minimum atomic E-state index is 0.227. The maximum Gasteiger partial charge on any atom is 0.0418 e. The SMILES string of the molecule is CCC(Cl)Cc1ccccn1. The van der Waals surface area contributed by atoms with Crippen LogP contribution in [0.15, 0.2) is 24.4 Å². The molecule has 1 heterocycles. The lowest BCUT2D eigenvalue weighted by Gasteiger charge is -2.03. The van der Waals surface area contributed by atoms with Crippen molar-refractivity contribution in [1.29, 1.82) is 0 Å². The molecule has 0 amide bonds. The highest BCUT2D eigenvalue weighted by Crippen LogP contribution is 2.07. The van der Waals surface area contributed by atoms with Crippen LogP contribution in [0.5, 0.6) is 0 Å². The van der Waals surface area contributed by atoms with Crippen molar-refractivity contribution in [3.63, 3.8) is 0 Å². The second-order valence-electron chi connectivity index (χ2n) is 2.53. The molecule has 0 N–H and O–H groups in total. The lowest BCUT2D eigenvalue weighted by Crippen LogP contribution is -2.02. The summed E-state index contributed by atoms with van der Waals surface area (Å²) >= 11 is 5.96. The minimum Gasteiger partial charge on any atom is -0.261 e. The topological polar surface area (TPSA) is 12.9 Å². The van der Waals surface area contributed by atoms with E-state index in [2.05, 4.69) is 11.9 Å². The van der Waals surface area contributed by atoms with Crippen molar-refractivity contribution >= 4 is 11.6 Å². The average Bonchev–Trinajstić information content (AvgIpc) is 2.06. The van der Waals surface area contributed by atoms with E-state index >= 15 is 0 Å². The summed E-state index contributed by atoms with van der Waals surface area (Å²) in [6.07, 6.45) is 3.67. The van der Waals surface area contributed by atoms with Crippen molar-refractivity contribution in [2.75, 3.05) is 0 Å². The molecule has 2 heteroatoms. The van der Waals surface area contributed by atoms with Crippen LogP contribution < -0.4 is 0 Å². The molecule has 1 aromatic heterocycles. The Labute approximate surface area is 72.4 Å². The molecule has 0 saturated heterocycles. The molecule has 1 unspecified atom stereocenters. The van der Waals surface area contributed by atoms with E-state index in [1.165, 1.54) is 0 Å². The van der Waals surface area contributed by atoms with Crippen LogP contribution in [0.25, 0.3) is 0 Å². The highest BCUT2D eigenvalue weighted by Gasteiger charge is 2.02. The second-order valence-corrected chi connectivity index (χ2v) is 3.15. The maximum atomic E-state index is 5.96. The first-order valence-corrected chi connectivity index (χ1v) is 4.30. The fourth-order valence-electron chi connectivity index (χ4n) is 0.890. The molecule has 1 nitrogen and oxygen atoms in total. The first kappa shape index (κ1) is 8.54.